The van der Waals surface area contributed by atoms with Crippen molar-refractivity contribution in [2.24, 2.45) is 5.92 Å². The molecule has 0 bridgehead atoms. The Labute approximate surface area is 154 Å². The number of alkyl halides is 3. The molecule has 7 nitrogen and oxygen atoms in total. The van der Waals surface area contributed by atoms with Crippen molar-refractivity contribution in [3.05, 3.63) is 23.9 Å². The number of hydrogen-bond donors (Lipinski definition) is 2. The van der Waals surface area contributed by atoms with Crippen molar-refractivity contribution in [3.8, 4) is 17.6 Å². The normalized spacial score (nSPS) is 16.3. The Morgan fingerprint density at radius 1 is 1.07 bits per heavy atom. The summed E-state index contributed by atoms with van der Waals surface area (Å²) in [5.74, 6) is 0.839. The van der Waals surface area contributed by atoms with E-state index in [1.165, 1.54) is 12.1 Å². The minimum Gasteiger partial charge on any atom is -0.351 e. The molecule has 0 saturated heterocycles. The number of nitrogens with one attached hydrogen (secondary N) is 2. The molecule has 0 amide bonds. The van der Waals surface area contributed by atoms with Gasteiger partial charge in [0.05, 0.1) is 6.07 Å². The van der Waals surface area contributed by atoms with Gasteiger partial charge >= 0.3 is 6.18 Å². The predicted octanol–water partition coefficient (Wildman–Crippen LogP) is 3.49. The number of pyridine rings is 1. The van der Waals surface area contributed by atoms with Crippen LogP contribution < -0.4 is 10.6 Å². The van der Waals surface area contributed by atoms with Crippen LogP contribution in [-0.4, -0.2) is 32.0 Å². The number of anilines is 2. The summed E-state index contributed by atoms with van der Waals surface area (Å²) in [7, 11) is 0. The molecule has 142 valence electrons. The topological polar surface area (TPSA) is 99.4 Å². The Bertz CT molecular complexity index is 858. The molecule has 0 spiro atoms. The maximum Gasteiger partial charge on any atom is 0.433 e. The van der Waals surface area contributed by atoms with Crippen molar-refractivity contribution in [1.82, 2.24) is 19.9 Å². The Morgan fingerprint density at radius 2 is 1.74 bits per heavy atom. The van der Waals surface area contributed by atoms with Crippen molar-refractivity contribution in [3.63, 3.8) is 0 Å². The van der Waals surface area contributed by atoms with Crippen molar-refractivity contribution < 1.29 is 13.2 Å². The molecule has 1 unspecified atom stereocenters. The van der Waals surface area contributed by atoms with E-state index in [2.05, 4.69) is 30.6 Å². The van der Waals surface area contributed by atoms with Gasteiger partial charge in [0.25, 0.3) is 0 Å². The molecule has 1 aliphatic carbocycles. The number of nitrogens with zero attached hydrogens (tertiary/aromatic N) is 5. The van der Waals surface area contributed by atoms with Crippen LogP contribution in [0.3, 0.4) is 0 Å². The SMILES string of the molecule is CC(C#N)Nc1nc(N[C@H](C)C2CC2)nc(-c2cccc(C(F)(F)F)n2)n1. The molecule has 1 saturated carbocycles. The third-order valence-electron chi connectivity index (χ3n) is 4.13. The monoisotopic (exact) mass is 377 g/mol. The number of halogens is 3. The molecular weight excluding hydrogens is 359 g/mol. The van der Waals surface area contributed by atoms with Crippen LogP contribution in [0.5, 0.6) is 0 Å². The van der Waals surface area contributed by atoms with Crippen molar-refractivity contribution in [1.29, 1.82) is 5.26 Å². The van der Waals surface area contributed by atoms with E-state index < -0.39 is 17.9 Å². The zero-order valence-electron chi connectivity index (χ0n) is 14.7. The third-order valence-corrected chi connectivity index (χ3v) is 4.13. The summed E-state index contributed by atoms with van der Waals surface area (Å²) in [6, 6.07) is 5.07. The van der Waals surface area contributed by atoms with E-state index in [1.54, 1.807) is 6.92 Å². The lowest BCUT2D eigenvalue weighted by molar-refractivity contribution is -0.141. The van der Waals surface area contributed by atoms with E-state index in [0.29, 0.717) is 5.92 Å². The molecule has 2 heterocycles. The number of nitriles is 1. The minimum absolute atomic E-state index is 0.00534. The second-order valence-corrected chi connectivity index (χ2v) is 6.48. The summed E-state index contributed by atoms with van der Waals surface area (Å²) in [5.41, 5.74) is -1.05. The summed E-state index contributed by atoms with van der Waals surface area (Å²) in [4.78, 5) is 16.2. The molecule has 0 aromatic carbocycles. The van der Waals surface area contributed by atoms with Gasteiger partial charge in [-0.2, -0.15) is 33.4 Å². The lowest BCUT2D eigenvalue weighted by Gasteiger charge is -2.15. The van der Waals surface area contributed by atoms with Gasteiger partial charge in [0.15, 0.2) is 5.82 Å². The molecule has 2 aromatic rings. The van der Waals surface area contributed by atoms with Crippen molar-refractivity contribution >= 4 is 11.9 Å². The van der Waals surface area contributed by atoms with Crippen LogP contribution in [-0.2, 0) is 6.18 Å². The van der Waals surface area contributed by atoms with Crippen LogP contribution in [0.4, 0.5) is 25.1 Å². The molecule has 2 aromatic heterocycles. The highest BCUT2D eigenvalue weighted by Gasteiger charge is 2.33. The highest BCUT2D eigenvalue weighted by Crippen LogP contribution is 2.34. The fourth-order valence-corrected chi connectivity index (χ4v) is 2.48. The molecule has 1 aliphatic rings. The van der Waals surface area contributed by atoms with Crippen LogP contribution in [0.15, 0.2) is 18.2 Å². The van der Waals surface area contributed by atoms with Gasteiger partial charge in [-0.25, -0.2) is 4.98 Å². The fraction of sp³-hybridized carbons (Fsp3) is 0.471. The second-order valence-electron chi connectivity index (χ2n) is 6.48. The summed E-state index contributed by atoms with van der Waals surface area (Å²) in [6.07, 6.45) is -2.35. The maximum atomic E-state index is 13.0. The number of rotatable bonds is 6. The van der Waals surface area contributed by atoms with Gasteiger partial charge in [-0.1, -0.05) is 6.07 Å². The van der Waals surface area contributed by atoms with E-state index in [-0.39, 0.29) is 29.5 Å². The molecule has 10 heteroatoms. The molecular formula is C17H18F3N7. The average molecular weight is 377 g/mol. The molecule has 0 aliphatic heterocycles. The largest absolute Gasteiger partial charge is 0.433 e. The lowest BCUT2D eigenvalue weighted by atomic mass is 10.2. The Balaban J connectivity index is 1.97. The van der Waals surface area contributed by atoms with Crippen LogP contribution in [0.1, 0.15) is 32.4 Å². The second kappa shape index (κ2) is 7.34. The molecule has 2 N–H and O–H groups in total. The molecule has 0 radical (unpaired) electrons. The zero-order chi connectivity index (χ0) is 19.6. The average Bonchev–Trinajstić information content (AvgIpc) is 3.46. The Kier molecular flexibility index (Phi) is 5.12. The summed E-state index contributed by atoms with van der Waals surface area (Å²) in [6.45, 7) is 3.61. The van der Waals surface area contributed by atoms with Gasteiger partial charge in [0.2, 0.25) is 11.9 Å². The molecule has 3 rings (SSSR count). The zero-order valence-corrected chi connectivity index (χ0v) is 14.7. The van der Waals surface area contributed by atoms with Crippen LogP contribution in [0.2, 0.25) is 0 Å². The quantitative estimate of drug-likeness (QED) is 0.795. The lowest BCUT2D eigenvalue weighted by Crippen LogP contribution is -2.21. The maximum absolute atomic E-state index is 13.0. The smallest absolute Gasteiger partial charge is 0.351 e. The van der Waals surface area contributed by atoms with Crippen LogP contribution in [0, 0.1) is 17.2 Å². The van der Waals surface area contributed by atoms with Gasteiger partial charge in [-0.05, 0) is 44.7 Å². The highest BCUT2D eigenvalue weighted by atomic mass is 19.4. The summed E-state index contributed by atoms with van der Waals surface area (Å²) >= 11 is 0. The van der Waals surface area contributed by atoms with E-state index in [4.69, 9.17) is 5.26 Å². The molecule has 2 atom stereocenters. The van der Waals surface area contributed by atoms with Gasteiger partial charge in [-0.15, -0.1) is 0 Å². The summed E-state index contributed by atoms with van der Waals surface area (Å²) in [5, 5.41) is 14.9. The van der Waals surface area contributed by atoms with Gasteiger partial charge in [-0.3, -0.25) is 0 Å². The van der Waals surface area contributed by atoms with E-state index in [0.717, 1.165) is 18.9 Å². The first kappa shape index (κ1) is 18.8. The predicted molar refractivity (Wildman–Crippen MR) is 92.6 cm³/mol. The van der Waals surface area contributed by atoms with Crippen molar-refractivity contribution in [2.45, 2.75) is 44.9 Å². The highest BCUT2D eigenvalue weighted by molar-refractivity contribution is 5.54. The number of hydrogen-bond acceptors (Lipinski definition) is 7. The third kappa shape index (κ3) is 4.81. The van der Waals surface area contributed by atoms with E-state index in [1.807, 2.05) is 13.0 Å². The standard InChI is InChI=1S/C17H18F3N7/c1-9(8-21)22-15-25-14(12-4-3-5-13(24-12)17(18,19)20)26-16(27-15)23-10(2)11-6-7-11/h3-5,9-11H,6-7H2,1-2H3,(H2,22,23,25,26,27)/t9?,10-/m1/s1. The molecule has 1 fully saturated rings. The van der Waals surface area contributed by atoms with Gasteiger partial charge in [0, 0.05) is 6.04 Å². The van der Waals surface area contributed by atoms with E-state index >= 15 is 0 Å². The summed E-state index contributed by atoms with van der Waals surface area (Å²) < 4.78 is 38.9. The van der Waals surface area contributed by atoms with Crippen molar-refractivity contribution in [2.75, 3.05) is 10.6 Å². The fourth-order valence-electron chi connectivity index (χ4n) is 2.48. The van der Waals surface area contributed by atoms with Gasteiger partial charge in [0.1, 0.15) is 17.4 Å². The Hall–Kier alpha value is -2.96. The minimum atomic E-state index is -4.57. The number of aromatic nitrogens is 4. The molecule has 27 heavy (non-hydrogen) atoms. The van der Waals surface area contributed by atoms with Crippen LogP contribution in [0.25, 0.3) is 11.5 Å². The first-order valence-electron chi connectivity index (χ1n) is 8.49. The first-order valence-corrected chi connectivity index (χ1v) is 8.49. The first-order chi connectivity index (χ1) is 12.8. The van der Waals surface area contributed by atoms with Crippen LogP contribution >= 0.6 is 0 Å². The Morgan fingerprint density at radius 3 is 2.33 bits per heavy atom. The van der Waals surface area contributed by atoms with E-state index in [9.17, 15) is 13.2 Å². The van der Waals surface area contributed by atoms with Gasteiger partial charge < -0.3 is 10.6 Å².